The minimum absolute atomic E-state index is 0.185. The van der Waals surface area contributed by atoms with Crippen molar-refractivity contribution >= 4 is 18.0 Å². The molecule has 4 aliphatic carbocycles. The van der Waals surface area contributed by atoms with Crippen LogP contribution in [0.2, 0.25) is 0 Å². The van der Waals surface area contributed by atoms with E-state index >= 15 is 0 Å². The first-order chi connectivity index (χ1) is 14.2. The Morgan fingerprint density at radius 3 is 2.41 bits per heavy atom. The zero-order valence-electron chi connectivity index (χ0n) is 15.4. The number of hydrogen-bond acceptors (Lipinski definition) is 5. The largest absolute Gasteiger partial charge is 0.455 e. The number of hydrazone groups is 1. The average molecular weight is 383 g/mol. The molecule has 1 aliphatic heterocycles. The first-order valence-electron chi connectivity index (χ1n) is 9.87. The monoisotopic (exact) mass is 383 g/mol. The highest BCUT2D eigenvalue weighted by atomic mass is 16.3. The molecule has 0 radical (unpaired) electrons. The molecule has 6 heteroatoms. The van der Waals surface area contributed by atoms with Gasteiger partial charge in [0.25, 0.3) is 11.8 Å². The zero-order chi connectivity index (χ0) is 19.7. The molecule has 0 unspecified atom stereocenters. The smallest absolute Gasteiger partial charge is 0.254 e. The molecule has 2 saturated carbocycles. The van der Waals surface area contributed by atoms with E-state index in [1.807, 2.05) is 12.1 Å². The molecule has 5 aliphatic rings. The molecule has 2 heterocycles. The van der Waals surface area contributed by atoms with Gasteiger partial charge >= 0.3 is 0 Å². The Kier molecular flexibility index (Phi) is 3.28. The Labute approximate surface area is 167 Å². The van der Waals surface area contributed by atoms with Crippen LogP contribution in [0.25, 0.3) is 11.3 Å². The third kappa shape index (κ3) is 2.24. The Morgan fingerprint density at radius 1 is 1.03 bits per heavy atom. The quantitative estimate of drug-likeness (QED) is 0.463. The summed E-state index contributed by atoms with van der Waals surface area (Å²) < 4.78 is 5.78. The topological polar surface area (TPSA) is 86.7 Å². The summed E-state index contributed by atoms with van der Waals surface area (Å²) in [7, 11) is 0. The third-order valence-electron chi connectivity index (χ3n) is 6.88. The van der Waals surface area contributed by atoms with E-state index in [1.165, 1.54) is 6.21 Å². The van der Waals surface area contributed by atoms with Crippen LogP contribution in [0.4, 0.5) is 0 Å². The van der Waals surface area contributed by atoms with E-state index in [0.29, 0.717) is 34.5 Å². The van der Waals surface area contributed by atoms with Crippen LogP contribution in [-0.2, 0) is 9.59 Å². The van der Waals surface area contributed by atoms with Gasteiger partial charge in [0.05, 0.1) is 29.7 Å². The fourth-order valence-electron chi connectivity index (χ4n) is 5.53. The molecule has 0 N–H and O–H groups in total. The van der Waals surface area contributed by atoms with Crippen molar-refractivity contribution in [1.29, 1.82) is 5.26 Å². The van der Waals surface area contributed by atoms with Crippen LogP contribution in [-0.4, -0.2) is 23.0 Å². The molecule has 3 fully saturated rings. The molecule has 2 aromatic rings. The number of rotatable bonds is 3. The lowest BCUT2D eigenvalue weighted by Gasteiger charge is -2.37. The molecular weight excluding hydrogens is 366 g/mol. The minimum atomic E-state index is -0.256. The predicted octanol–water partition coefficient (Wildman–Crippen LogP) is 3.21. The maximum Gasteiger partial charge on any atom is 0.254 e. The summed E-state index contributed by atoms with van der Waals surface area (Å²) in [6.07, 6.45) is 6.83. The van der Waals surface area contributed by atoms with E-state index in [-0.39, 0.29) is 35.5 Å². The lowest BCUT2D eigenvalue weighted by atomic mass is 9.63. The number of imide groups is 1. The van der Waals surface area contributed by atoms with E-state index in [2.05, 4.69) is 23.3 Å². The van der Waals surface area contributed by atoms with Gasteiger partial charge in [0, 0.05) is 5.56 Å². The van der Waals surface area contributed by atoms with Gasteiger partial charge < -0.3 is 4.42 Å². The van der Waals surface area contributed by atoms with Crippen molar-refractivity contribution in [2.75, 3.05) is 0 Å². The Bertz CT molecular complexity index is 1120. The molecule has 1 aromatic heterocycles. The molecule has 6 nitrogen and oxygen atoms in total. The maximum absolute atomic E-state index is 12.9. The second-order valence-corrected chi connectivity index (χ2v) is 8.25. The highest BCUT2D eigenvalue weighted by Crippen LogP contribution is 2.65. The molecule has 2 amide bonds. The van der Waals surface area contributed by atoms with Crippen LogP contribution in [0.15, 0.2) is 58.1 Å². The molecular formula is C23H17N3O3. The number of nitrogens with zero attached hydrogens (tertiary/aromatic N) is 3. The van der Waals surface area contributed by atoms with Crippen molar-refractivity contribution in [1.82, 2.24) is 5.01 Å². The second-order valence-electron chi connectivity index (χ2n) is 8.25. The first-order valence-corrected chi connectivity index (χ1v) is 9.87. The molecule has 1 aromatic carbocycles. The SMILES string of the molecule is N#Cc1ccccc1-c1ccc(/C=N\N2C(=O)[C@@H]3[C@@H]4C=C[C@H]([C@H]5C[C@H]45)[C@@H]3C2=O)o1. The van der Waals surface area contributed by atoms with Gasteiger partial charge in [-0.15, -0.1) is 0 Å². The van der Waals surface area contributed by atoms with Gasteiger partial charge in [-0.25, -0.2) is 0 Å². The maximum atomic E-state index is 12.9. The van der Waals surface area contributed by atoms with Crippen molar-refractivity contribution < 1.29 is 14.0 Å². The van der Waals surface area contributed by atoms with Crippen molar-refractivity contribution in [2.45, 2.75) is 6.42 Å². The highest BCUT2D eigenvalue weighted by molar-refractivity contribution is 6.06. The molecule has 29 heavy (non-hydrogen) atoms. The first kappa shape index (κ1) is 16.5. The summed E-state index contributed by atoms with van der Waals surface area (Å²) >= 11 is 0. The number of benzene rings is 1. The highest BCUT2D eigenvalue weighted by Gasteiger charge is 2.67. The van der Waals surface area contributed by atoms with Gasteiger partial charge in [-0.2, -0.15) is 15.4 Å². The van der Waals surface area contributed by atoms with Crippen molar-refractivity contribution in [3.05, 3.63) is 59.9 Å². The molecule has 2 bridgehead atoms. The van der Waals surface area contributed by atoms with E-state index in [1.54, 1.807) is 24.3 Å². The minimum Gasteiger partial charge on any atom is -0.455 e. The van der Waals surface area contributed by atoms with Crippen LogP contribution in [0.5, 0.6) is 0 Å². The average Bonchev–Trinajstić information content (AvgIpc) is 3.39. The van der Waals surface area contributed by atoms with Crippen molar-refractivity contribution in [3.8, 4) is 17.4 Å². The summed E-state index contributed by atoms with van der Waals surface area (Å²) in [5, 5.41) is 14.5. The van der Waals surface area contributed by atoms with Crippen LogP contribution < -0.4 is 0 Å². The standard InChI is InChI=1S/C23H17N3O3/c24-10-12-3-1-2-4-14(12)19-8-5-13(29-19)11-25-26-22(27)20-15-6-7-16(18-9-17(15)18)21(20)23(26)28/h1-8,11,15-18,20-21H,9H2/b25-11-/t15-,16-,17-,18-,20-,21+/m1/s1. The normalized spacial score (nSPS) is 33.8. The zero-order valence-corrected chi connectivity index (χ0v) is 15.4. The molecule has 1 saturated heterocycles. The van der Waals surface area contributed by atoms with E-state index < -0.39 is 0 Å². The number of carbonyl (C=O) groups excluding carboxylic acids is 2. The number of nitriles is 1. The Morgan fingerprint density at radius 2 is 1.72 bits per heavy atom. The third-order valence-corrected chi connectivity index (χ3v) is 6.88. The summed E-state index contributed by atoms with van der Waals surface area (Å²) in [4.78, 5) is 25.9. The Hall–Kier alpha value is -3.46. The van der Waals surface area contributed by atoms with E-state index in [9.17, 15) is 14.9 Å². The van der Waals surface area contributed by atoms with Crippen LogP contribution >= 0.6 is 0 Å². The number of hydrogen-bond donors (Lipinski definition) is 0. The van der Waals surface area contributed by atoms with Crippen LogP contribution in [0, 0.1) is 46.8 Å². The van der Waals surface area contributed by atoms with Gasteiger partial charge in [-0.3, -0.25) is 9.59 Å². The second kappa shape index (κ2) is 5.77. The summed E-state index contributed by atoms with van der Waals surface area (Å²) in [5.74, 6) is 1.57. The van der Waals surface area contributed by atoms with Gasteiger partial charge in [0.1, 0.15) is 11.5 Å². The molecule has 7 rings (SSSR count). The van der Waals surface area contributed by atoms with Crippen molar-refractivity contribution in [3.63, 3.8) is 0 Å². The lowest BCUT2D eigenvalue weighted by molar-refractivity contribution is -0.140. The number of amides is 2. The van der Waals surface area contributed by atoms with Gasteiger partial charge in [-0.05, 0) is 54.4 Å². The van der Waals surface area contributed by atoms with Gasteiger partial charge in [-0.1, -0.05) is 24.3 Å². The fraction of sp³-hybridized carbons (Fsp3) is 0.304. The fourth-order valence-corrected chi connectivity index (χ4v) is 5.53. The van der Waals surface area contributed by atoms with Crippen molar-refractivity contribution in [2.24, 2.45) is 40.6 Å². The Balaban J connectivity index is 1.26. The predicted molar refractivity (Wildman–Crippen MR) is 103 cm³/mol. The van der Waals surface area contributed by atoms with E-state index in [0.717, 1.165) is 11.4 Å². The molecule has 0 spiro atoms. The number of furan rings is 1. The number of allylic oxidation sites excluding steroid dienone is 2. The molecule has 6 atom stereocenters. The summed E-state index contributed by atoms with van der Waals surface area (Å²) in [6, 6.07) is 12.8. The van der Waals surface area contributed by atoms with E-state index in [4.69, 9.17) is 4.42 Å². The number of carbonyl (C=O) groups is 2. The van der Waals surface area contributed by atoms with Gasteiger partial charge in [0.2, 0.25) is 0 Å². The van der Waals surface area contributed by atoms with Gasteiger partial charge in [0.15, 0.2) is 0 Å². The van der Waals surface area contributed by atoms with Crippen LogP contribution in [0.1, 0.15) is 17.7 Å². The summed E-state index contributed by atoms with van der Waals surface area (Å²) in [5.41, 5.74) is 1.21. The van der Waals surface area contributed by atoms with Crippen LogP contribution in [0.3, 0.4) is 0 Å². The lowest BCUT2D eigenvalue weighted by Crippen LogP contribution is -2.40. The molecule has 142 valence electrons. The summed E-state index contributed by atoms with van der Waals surface area (Å²) in [6.45, 7) is 0.